The van der Waals surface area contributed by atoms with Crippen LogP contribution in [0.25, 0.3) is 0 Å². The normalized spacial score (nSPS) is 19.8. The smallest absolute Gasteiger partial charge is 0.475 e. The van der Waals surface area contributed by atoms with Gasteiger partial charge in [0.2, 0.25) is 5.91 Å². The van der Waals surface area contributed by atoms with Gasteiger partial charge in [-0.25, -0.2) is 9.78 Å². The van der Waals surface area contributed by atoms with Crippen molar-refractivity contribution in [3.8, 4) is 0 Å². The molecule has 156 valence electrons. The second-order valence-corrected chi connectivity index (χ2v) is 7.52. The number of piperidine rings is 1. The highest BCUT2D eigenvalue weighted by Gasteiger charge is 2.42. The number of aliphatic carboxylic acids is 1. The van der Waals surface area contributed by atoms with Crippen LogP contribution in [0.2, 0.25) is 0 Å². The monoisotopic (exact) mass is 421 g/mol. The molecule has 1 aromatic rings. The number of nitrogens with zero attached hydrogens (tertiary/aromatic N) is 3. The number of thiazole rings is 1. The fourth-order valence-electron chi connectivity index (χ4n) is 3.05. The Hall–Kier alpha value is -1.98. The van der Waals surface area contributed by atoms with E-state index in [-0.39, 0.29) is 18.1 Å². The number of halogens is 3. The summed E-state index contributed by atoms with van der Waals surface area (Å²) < 4.78 is 37.6. The number of aromatic nitrogens is 1. The Balaban J connectivity index is 0.000000345. The van der Waals surface area contributed by atoms with Crippen molar-refractivity contribution in [2.24, 2.45) is 0 Å². The minimum Gasteiger partial charge on any atom is -0.475 e. The van der Waals surface area contributed by atoms with Crippen molar-refractivity contribution in [2.45, 2.75) is 31.2 Å². The molecule has 1 aromatic heterocycles. The number of carbonyl (C=O) groups is 2. The molecule has 2 aliphatic rings. The molecule has 2 fully saturated rings. The van der Waals surface area contributed by atoms with Crippen molar-refractivity contribution in [3.05, 3.63) is 29.2 Å². The van der Waals surface area contributed by atoms with E-state index in [9.17, 15) is 18.0 Å². The molecule has 2 saturated heterocycles. The third kappa shape index (κ3) is 6.28. The van der Waals surface area contributed by atoms with Crippen molar-refractivity contribution < 1.29 is 32.6 Å². The summed E-state index contributed by atoms with van der Waals surface area (Å²) in [6, 6.07) is 0. The zero-order valence-electron chi connectivity index (χ0n) is 15.2. The number of carbonyl (C=O) groups excluding carboxylic acids is 1. The van der Waals surface area contributed by atoms with E-state index in [1.54, 1.807) is 17.4 Å². The number of hydrogen-bond acceptors (Lipinski definition) is 6. The Bertz CT molecular complexity index is 674. The van der Waals surface area contributed by atoms with Crippen LogP contribution in [0.5, 0.6) is 0 Å². The molecule has 3 heterocycles. The van der Waals surface area contributed by atoms with Gasteiger partial charge in [0.15, 0.2) is 0 Å². The van der Waals surface area contributed by atoms with Gasteiger partial charge in [0.1, 0.15) is 11.6 Å². The Morgan fingerprint density at radius 3 is 2.57 bits per heavy atom. The number of rotatable bonds is 4. The maximum Gasteiger partial charge on any atom is 0.490 e. The van der Waals surface area contributed by atoms with Gasteiger partial charge in [-0.2, -0.15) is 13.2 Å². The zero-order valence-corrected chi connectivity index (χ0v) is 16.0. The highest BCUT2D eigenvalue weighted by atomic mass is 32.1. The van der Waals surface area contributed by atoms with E-state index in [1.165, 1.54) is 5.01 Å². The molecule has 28 heavy (non-hydrogen) atoms. The van der Waals surface area contributed by atoms with Crippen molar-refractivity contribution in [1.82, 2.24) is 14.8 Å². The van der Waals surface area contributed by atoms with E-state index < -0.39 is 12.1 Å². The van der Waals surface area contributed by atoms with E-state index in [1.807, 2.05) is 16.5 Å². The third-order valence-electron chi connectivity index (χ3n) is 4.54. The second kappa shape index (κ2) is 9.48. The van der Waals surface area contributed by atoms with Gasteiger partial charge in [-0.15, -0.1) is 17.9 Å². The quantitative estimate of drug-likeness (QED) is 0.751. The largest absolute Gasteiger partial charge is 0.490 e. The number of amides is 1. The van der Waals surface area contributed by atoms with Gasteiger partial charge in [0.25, 0.3) is 0 Å². The predicted octanol–water partition coefficient (Wildman–Crippen LogP) is 2.16. The first kappa shape index (κ1) is 22.3. The van der Waals surface area contributed by atoms with Crippen molar-refractivity contribution in [2.75, 3.05) is 32.8 Å². The van der Waals surface area contributed by atoms with Gasteiger partial charge in [-0.3, -0.25) is 9.69 Å². The van der Waals surface area contributed by atoms with Gasteiger partial charge in [0.05, 0.1) is 18.7 Å². The van der Waals surface area contributed by atoms with Gasteiger partial charge in [0, 0.05) is 31.2 Å². The molecule has 0 atom stereocenters. The molecule has 11 heteroatoms. The van der Waals surface area contributed by atoms with Gasteiger partial charge < -0.3 is 14.7 Å². The molecule has 1 spiro atoms. The van der Waals surface area contributed by atoms with Crippen LogP contribution in [0.3, 0.4) is 0 Å². The maximum absolute atomic E-state index is 11.8. The molecule has 0 aliphatic carbocycles. The number of alkyl halides is 3. The maximum atomic E-state index is 11.8. The lowest BCUT2D eigenvalue weighted by Crippen LogP contribution is -2.58. The number of likely N-dealkylation sites (tertiary alicyclic amines) is 1. The molecule has 7 nitrogen and oxygen atoms in total. The van der Waals surface area contributed by atoms with Gasteiger partial charge in [-0.05, 0) is 12.8 Å². The average Bonchev–Trinajstić information content (AvgIpc) is 3.14. The van der Waals surface area contributed by atoms with E-state index in [2.05, 4.69) is 16.5 Å². The summed E-state index contributed by atoms with van der Waals surface area (Å²) in [7, 11) is 0. The predicted molar refractivity (Wildman–Crippen MR) is 95.8 cm³/mol. The molecule has 1 amide bonds. The lowest BCUT2D eigenvalue weighted by atomic mass is 9.89. The topological polar surface area (TPSA) is 83.0 Å². The molecule has 3 rings (SSSR count). The lowest BCUT2D eigenvalue weighted by Gasteiger charge is -2.46. The van der Waals surface area contributed by atoms with Gasteiger partial charge >= 0.3 is 12.1 Å². The summed E-state index contributed by atoms with van der Waals surface area (Å²) in [5, 5.41) is 10.3. The molecule has 0 aromatic carbocycles. The summed E-state index contributed by atoms with van der Waals surface area (Å²) in [6.07, 6.45) is 0.502. The van der Waals surface area contributed by atoms with Crippen LogP contribution in [0.4, 0.5) is 13.2 Å². The lowest BCUT2D eigenvalue weighted by molar-refractivity contribution is -0.192. The van der Waals surface area contributed by atoms with E-state index in [0.717, 1.165) is 32.5 Å². The molecular weight excluding hydrogens is 399 g/mol. The summed E-state index contributed by atoms with van der Waals surface area (Å²) in [5.41, 5.74) is -0.156. The van der Waals surface area contributed by atoms with Crippen LogP contribution in [-0.4, -0.2) is 76.3 Å². The summed E-state index contributed by atoms with van der Waals surface area (Å²) in [5.74, 6) is -2.68. The third-order valence-corrected chi connectivity index (χ3v) is 5.30. The van der Waals surface area contributed by atoms with Crippen LogP contribution in [0, 0.1) is 0 Å². The summed E-state index contributed by atoms with van der Waals surface area (Å²) in [6.45, 7) is 8.16. The van der Waals surface area contributed by atoms with Crippen LogP contribution in [-0.2, 0) is 20.9 Å². The number of hydrogen-bond donors (Lipinski definition) is 1. The Morgan fingerprint density at radius 1 is 1.43 bits per heavy atom. The highest BCUT2D eigenvalue weighted by Crippen LogP contribution is 2.31. The average molecular weight is 421 g/mol. The molecule has 0 saturated carbocycles. The molecule has 1 N–H and O–H groups in total. The number of ether oxygens (including phenoxy) is 1. The van der Waals surface area contributed by atoms with Crippen LogP contribution in [0.15, 0.2) is 24.2 Å². The molecule has 2 aliphatic heterocycles. The van der Waals surface area contributed by atoms with E-state index >= 15 is 0 Å². The number of carboxylic acids is 1. The Labute approximate surface area is 164 Å². The Kier molecular flexibility index (Phi) is 7.55. The summed E-state index contributed by atoms with van der Waals surface area (Å²) >= 11 is 1.70. The second-order valence-electron chi connectivity index (χ2n) is 6.54. The first-order valence-electron chi connectivity index (χ1n) is 8.59. The summed E-state index contributed by atoms with van der Waals surface area (Å²) in [4.78, 5) is 29.3. The fourth-order valence-corrected chi connectivity index (χ4v) is 3.71. The van der Waals surface area contributed by atoms with Crippen molar-refractivity contribution in [1.29, 1.82) is 0 Å². The van der Waals surface area contributed by atoms with E-state index in [4.69, 9.17) is 14.6 Å². The van der Waals surface area contributed by atoms with Crippen molar-refractivity contribution >= 4 is 23.2 Å². The minimum absolute atomic E-state index is 0.0748. The number of morpholine rings is 1. The molecule has 0 bridgehead atoms. The molecule has 0 radical (unpaired) electrons. The Morgan fingerprint density at radius 2 is 2.07 bits per heavy atom. The standard InChI is InChI=1S/C15H21N3O2S.C2HF3O2/c1-2-6-18-12-15(20-11-14(18)19)3-7-17(8-4-15)10-13-16-5-9-21-13;3-2(4,5)1(6)7/h2,5,9H,1,3-4,6-8,10-12H2;(H,6,7). The van der Waals surface area contributed by atoms with Crippen molar-refractivity contribution in [3.63, 3.8) is 0 Å². The highest BCUT2D eigenvalue weighted by molar-refractivity contribution is 7.09. The van der Waals surface area contributed by atoms with Gasteiger partial charge in [-0.1, -0.05) is 6.08 Å². The zero-order chi connectivity index (χ0) is 20.8. The van der Waals surface area contributed by atoms with Crippen LogP contribution >= 0.6 is 11.3 Å². The first-order valence-corrected chi connectivity index (χ1v) is 9.47. The molecular formula is C17H22F3N3O4S. The minimum atomic E-state index is -5.08. The number of carboxylic acid groups (broad SMARTS) is 1. The van der Waals surface area contributed by atoms with E-state index in [0.29, 0.717) is 13.1 Å². The van der Waals surface area contributed by atoms with Crippen LogP contribution in [0.1, 0.15) is 17.8 Å². The SMILES string of the molecule is C=CCN1CC2(CCN(Cc3nccs3)CC2)OCC1=O.O=C(O)C(F)(F)F. The molecule has 0 unspecified atom stereocenters. The first-order chi connectivity index (χ1) is 13.1. The fraction of sp³-hybridized carbons (Fsp3) is 0.588. The van der Waals surface area contributed by atoms with Crippen LogP contribution < -0.4 is 0 Å².